The van der Waals surface area contributed by atoms with Crippen LogP contribution in [0.15, 0.2) is 71.2 Å². The quantitative estimate of drug-likeness (QED) is 0.526. The van der Waals surface area contributed by atoms with E-state index < -0.39 is 12.1 Å². The van der Waals surface area contributed by atoms with Crippen molar-refractivity contribution >= 4 is 0 Å². The molecule has 0 saturated heterocycles. The average Bonchev–Trinajstić information content (AvgIpc) is 3.03. The largest absolute Gasteiger partial charge is 0.242 e. The third-order valence-electron chi connectivity index (χ3n) is 5.41. The Labute approximate surface area is 144 Å². The molecule has 128 valence electrons. The number of alkyl halides is 1. The highest BCUT2D eigenvalue weighted by atomic mass is 19.1. The van der Waals surface area contributed by atoms with E-state index in [0.717, 1.165) is 55.2 Å². The molecule has 3 aliphatic carbocycles. The summed E-state index contributed by atoms with van der Waals surface area (Å²) in [5.41, 5.74) is 4.04. The van der Waals surface area contributed by atoms with Crippen LogP contribution in [0.5, 0.6) is 0 Å². The molecule has 0 heterocycles. The minimum absolute atomic E-state index is 0.122. The zero-order valence-electron chi connectivity index (χ0n) is 14.4. The molecule has 0 aliphatic heterocycles. The maximum Gasteiger partial charge on any atom is 0.132 e. The second kappa shape index (κ2) is 7.46. The third kappa shape index (κ3) is 3.24. The molecule has 2 heteroatoms. The zero-order valence-corrected chi connectivity index (χ0v) is 14.4. The van der Waals surface area contributed by atoms with Gasteiger partial charge in [0, 0.05) is 5.92 Å². The lowest BCUT2D eigenvalue weighted by molar-refractivity contribution is 0.296. The zero-order chi connectivity index (χ0) is 17.1. The van der Waals surface area contributed by atoms with Crippen molar-refractivity contribution in [3.8, 4) is 0 Å². The van der Waals surface area contributed by atoms with Crippen LogP contribution in [0.2, 0.25) is 0 Å². The highest BCUT2D eigenvalue weighted by Crippen LogP contribution is 2.44. The first-order valence-corrected chi connectivity index (χ1v) is 9.08. The van der Waals surface area contributed by atoms with E-state index >= 15 is 0 Å². The lowest BCUT2D eigenvalue weighted by Gasteiger charge is -2.29. The van der Waals surface area contributed by atoms with Crippen molar-refractivity contribution in [2.24, 2.45) is 11.8 Å². The highest BCUT2D eigenvalue weighted by Gasteiger charge is 2.35. The van der Waals surface area contributed by atoms with Crippen LogP contribution in [0.3, 0.4) is 0 Å². The van der Waals surface area contributed by atoms with Gasteiger partial charge in [0.05, 0.1) is 5.92 Å². The highest BCUT2D eigenvalue weighted by molar-refractivity contribution is 5.44. The number of allylic oxidation sites excluding steroid dienone is 11. The monoisotopic (exact) mass is 328 g/mol. The van der Waals surface area contributed by atoms with E-state index in [4.69, 9.17) is 0 Å². The molecule has 0 aromatic rings. The first kappa shape index (κ1) is 17.1. The number of hydrogen-bond acceptors (Lipinski definition) is 0. The van der Waals surface area contributed by atoms with Crippen molar-refractivity contribution in [3.63, 3.8) is 0 Å². The summed E-state index contributed by atoms with van der Waals surface area (Å²) in [5.74, 6) is -0.931. The van der Waals surface area contributed by atoms with Crippen molar-refractivity contribution in [2.45, 2.75) is 51.6 Å². The molecule has 0 aromatic carbocycles. The van der Waals surface area contributed by atoms with Gasteiger partial charge in [-0.3, -0.25) is 0 Å². The molecule has 3 aliphatic rings. The molecule has 0 spiro atoms. The first-order chi connectivity index (χ1) is 11.7. The van der Waals surface area contributed by atoms with Crippen LogP contribution in [0.1, 0.15) is 45.4 Å². The molecule has 3 atom stereocenters. The van der Waals surface area contributed by atoms with Gasteiger partial charge in [-0.2, -0.15) is 0 Å². The first-order valence-electron chi connectivity index (χ1n) is 9.08. The summed E-state index contributed by atoms with van der Waals surface area (Å²) < 4.78 is 29.8. The summed E-state index contributed by atoms with van der Waals surface area (Å²) in [6.45, 7) is 5.94. The van der Waals surface area contributed by atoms with Crippen LogP contribution in [0.25, 0.3) is 0 Å². The van der Waals surface area contributed by atoms with E-state index in [1.807, 2.05) is 0 Å². The minimum Gasteiger partial charge on any atom is -0.242 e. The Morgan fingerprint density at radius 3 is 2.88 bits per heavy atom. The summed E-state index contributed by atoms with van der Waals surface area (Å²) in [5, 5.41) is 0. The van der Waals surface area contributed by atoms with E-state index in [2.05, 4.69) is 31.7 Å². The number of halogens is 2. The number of hydrogen-bond donors (Lipinski definition) is 0. The summed E-state index contributed by atoms with van der Waals surface area (Å²) in [6, 6.07) is 0. The van der Waals surface area contributed by atoms with Crippen LogP contribution in [0.4, 0.5) is 8.78 Å². The van der Waals surface area contributed by atoms with E-state index in [9.17, 15) is 8.78 Å². The Morgan fingerprint density at radius 1 is 1.33 bits per heavy atom. The number of rotatable bonds is 5. The molecule has 0 amide bonds. The van der Waals surface area contributed by atoms with E-state index in [0.29, 0.717) is 0 Å². The molecule has 24 heavy (non-hydrogen) atoms. The predicted octanol–water partition coefficient (Wildman–Crippen LogP) is 6.70. The molecule has 3 unspecified atom stereocenters. The third-order valence-corrected chi connectivity index (χ3v) is 5.41. The summed E-state index contributed by atoms with van der Waals surface area (Å²) >= 11 is 0. The molecular weight excluding hydrogens is 302 g/mol. The molecule has 0 saturated carbocycles. The van der Waals surface area contributed by atoms with E-state index in [1.54, 1.807) is 18.2 Å². The van der Waals surface area contributed by atoms with E-state index in [-0.39, 0.29) is 11.7 Å². The molecular formula is C22H26F2. The predicted molar refractivity (Wildman–Crippen MR) is 97.0 cm³/mol. The Morgan fingerprint density at radius 2 is 2.17 bits per heavy atom. The van der Waals surface area contributed by atoms with Gasteiger partial charge in [0.25, 0.3) is 0 Å². The molecule has 3 rings (SSSR count). The van der Waals surface area contributed by atoms with Gasteiger partial charge in [-0.05, 0) is 55.4 Å². The standard InChI is InChI=1S/C22H26F2/c1-3-8-16-9-5-6-11-18(16)17-13-20(23)22(21(24)14-17)19-12-7-10-15(19)4-2/h4-6,9,13-14,18,20,22H,2-3,7-8,10-12H2,1H3. The fourth-order valence-electron chi connectivity index (χ4n) is 4.25. The summed E-state index contributed by atoms with van der Waals surface area (Å²) in [6.07, 6.45) is 15.5. The van der Waals surface area contributed by atoms with Crippen molar-refractivity contribution in [2.75, 3.05) is 0 Å². The molecule has 0 fully saturated rings. The second-order valence-electron chi connectivity index (χ2n) is 6.93. The fourth-order valence-corrected chi connectivity index (χ4v) is 4.25. The fraction of sp³-hybridized carbons (Fsp3) is 0.455. The van der Waals surface area contributed by atoms with Gasteiger partial charge in [-0.25, -0.2) is 8.78 Å². The van der Waals surface area contributed by atoms with Crippen molar-refractivity contribution < 1.29 is 8.78 Å². The van der Waals surface area contributed by atoms with Gasteiger partial charge in [-0.1, -0.05) is 55.4 Å². The van der Waals surface area contributed by atoms with Crippen LogP contribution >= 0.6 is 0 Å². The Balaban J connectivity index is 1.87. The molecule has 0 radical (unpaired) electrons. The lowest BCUT2D eigenvalue weighted by Crippen LogP contribution is -2.23. The summed E-state index contributed by atoms with van der Waals surface area (Å²) in [7, 11) is 0. The maximum absolute atomic E-state index is 14.9. The Hall–Kier alpha value is -1.70. The maximum atomic E-state index is 14.9. The molecule has 0 aromatic heterocycles. The summed E-state index contributed by atoms with van der Waals surface area (Å²) in [4.78, 5) is 0. The van der Waals surface area contributed by atoms with Crippen LogP contribution in [0, 0.1) is 11.8 Å². The van der Waals surface area contributed by atoms with Crippen LogP contribution in [-0.4, -0.2) is 6.17 Å². The van der Waals surface area contributed by atoms with Crippen molar-refractivity contribution in [1.29, 1.82) is 0 Å². The Bertz CT molecular complexity index is 657. The van der Waals surface area contributed by atoms with Gasteiger partial charge in [0.1, 0.15) is 12.0 Å². The SMILES string of the molecule is C=CC1=C(C2C(F)=CC(C3CC=CC=C3CCC)=CC2F)CCC1. The van der Waals surface area contributed by atoms with Crippen LogP contribution < -0.4 is 0 Å². The van der Waals surface area contributed by atoms with Crippen molar-refractivity contribution in [3.05, 3.63) is 71.2 Å². The topological polar surface area (TPSA) is 0 Å². The molecule has 0 nitrogen and oxygen atoms in total. The van der Waals surface area contributed by atoms with Gasteiger partial charge in [-0.15, -0.1) is 0 Å². The van der Waals surface area contributed by atoms with Gasteiger partial charge in [0.2, 0.25) is 0 Å². The molecule has 0 N–H and O–H groups in total. The smallest absolute Gasteiger partial charge is 0.132 e. The van der Waals surface area contributed by atoms with E-state index in [1.165, 1.54) is 5.57 Å². The van der Waals surface area contributed by atoms with Gasteiger partial charge in [0.15, 0.2) is 0 Å². The van der Waals surface area contributed by atoms with Crippen molar-refractivity contribution in [1.82, 2.24) is 0 Å². The average molecular weight is 328 g/mol. The minimum atomic E-state index is -1.28. The molecule has 0 bridgehead atoms. The second-order valence-corrected chi connectivity index (χ2v) is 6.93. The lowest BCUT2D eigenvalue weighted by atomic mass is 9.77. The Kier molecular flexibility index (Phi) is 5.33. The van der Waals surface area contributed by atoms with Crippen LogP contribution in [-0.2, 0) is 0 Å². The normalized spacial score (nSPS) is 30.1. The van der Waals surface area contributed by atoms with Gasteiger partial charge < -0.3 is 0 Å². The van der Waals surface area contributed by atoms with Gasteiger partial charge >= 0.3 is 0 Å².